The average molecular weight is 351 g/mol. The number of para-hydroxylation sites is 1. The molecule has 2 aromatic heterocycles. The van der Waals surface area contributed by atoms with Crippen molar-refractivity contribution in [1.29, 1.82) is 0 Å². The van der Waals surface area contributed by atoms with E-state index < -0.39 is 0 Å². The molecule has 1 aromatic carbocycles. The number of rotatable bonds is 5. The topological polar surface area (TPSA) is 71.1 Å². The van der Waals surface area contributed by atoms with E-state index in [1.165, 1.54) is 0 Å². The number of hydrogen-bond acceptors (Lipinski definition) is 4. The highest BCUT2D eigenvalue weighted by molar-refractivity contribution is 7.13. The molecule has 2 amide bonds. The van der Waals surface area contributed by atoms with Crippen LogP contribution in [0.1, 0.15) is 23.2 Å². The Balaban J connectivity index is 1.62. The molecule has 0 spiro atoms. The summed E-state index contributed by atoms with van der Waals surface area (Å²) < 4.78 is 0. The third-order valence-corrected chi connectivity index (χ3v) is 4.98. The summed E-state index contributed by atoms with van der Waals surface area (Å²) in [6.45, 7) is -0.0136. The molecule has 126 valence electrons. The van der Waals surface area contributed by atoms with Crippen LogP contribution in [-0.4, -0.2) is 29.4 Å². The quantitative estimate of drug-likeness (QED) is 0.742. The van der Waals surface area contributed by atoms with E-state index in [0.717, 1.165) is 34.3 Å². The Morgan fingerprint density at radius 3 is 2.76 bits per heavy atom. The molecule has 1 fully saturated rings. The number of hydrogen-bond donors (Lipinski definition) is 2. The lowest BCUT2D eigenvalue weighted by atomic mass is 10.1. The van der Waals surface area contributed by atoms with Crippen LogP contribution in [0, 0.1) is 0 Å². The maximum atomic E-state index is 12.7. The molecule has 2 heterocycles. The Bertz CT molecular complexity index is 933. The molecule has 0 bridgehead atoms. The summed E-state index contributed by atoms with van der Waals surface area (Å²) in [5.74, 6) is -0.407. The summed E-state index contributed by atoms with van der Waals surface area (Å²) in [6.07, 6.45) is 2.05. The van der Waals surface area contributed by atoms with Gasteiger partial charge in [0.15, 0.2) is 0 Å². The van der Waals surface area contributed by atoms with Crippen LogP contribution in [0.4, 0.5) is 0 Å². The van der Waals surface area contributed by atoms with Crippen molar-refractivity contribution >= 4 is 34.1 Å². The first kappa shape index (κ1) is 15.8. The zero-order chi connectivity index (χ0) is 17.2. The molecule has 0 unspecified atom stereocenters. The Kier molecular flexibility index (Phi) is 4.19. The van der Waals surface area contributed by atoms with Crippen LogP contribution in [0.5, 0.6) is 0 Å². The molecule has 25 heavy (non-hydrogen) atoms. The molecule has 0 atom stereocenters. The molecular formula is C19H17N3O2S. The van der Waals surface area contributed by atoms with Gasteiger partial charge >= 0.3 is 0 Å². The van der Waals surface area contributed by atoms with Gasteiger partial charge in [-0.15, -0.1) is 11.3 Å². The van der Waals surface area contributed by atoms with Gasteiger partial charge in [-0.3, -0.25) is 9.59 Å². The number of fused-ring (bicyclic) bond motifs is 1. The van der Waals surface area contributed by atoms with Gasteiger partial charge in [-0.25, -0.2) is 4.98 Å². The molecule has 0 radical (unpaired) electrons. The minimum atomic E-state index is -0.262. The largest absolute Gasteiger partial charge is 0.352 e. The maximum Gasteiger partial charge on any atom is 0.252 e. The fourth-order valence-corrected chi connectivity index (χ4v) is 3.36. The van der Waals surface area contributed by atoms with Crippen LogP contribution >= 0.6 is 11.3 Å². The summed E-state index contributed by atoms with van der Waals surface area (Å²) in [6, 6.07) is 13.6. The van der Waals surface area contributed by atoms with E-state index in [2.05, 4.69) is 15.6 Å². The van der Waals surface area contributed by atoms with E-state index in [1.807, 2.05) is 41.8 Å². The van der Waals surface area contributed by atoms with Gasteiger partial charge in [-0.2, -0.15) is 0 Å². The SMILES string of the molecule is O=C(CNC(=O)c1cc(-c2cccs2)nc2ccccc12)NC1CC1. The molecule has 1 aliphatic rings. The van der Waals surface area contributed by atoms with Crippen LogP contribution < -0.4 is 10.6 Å². The first-order valence-corrected chi connectivity index (χ1v) is 9.10. The number of nitrogens with zero attached hydrogens (tertiary/aromatic N) is 1. The lowest BCUT2D eigenvalue weighted by Crippen LogP contribution is -2.37. The molecule has 2 N–H and O–H groups in total. The van der Waals surface area contributed by atoms with Crippen molar-refractivity contribution in [3.63, 3.8) is 0 Å². The van der Waals surface area contributed by atoms with Crippen molar-refractivity contribution in [2.24, 2.45) is 0 Å². The fourth-order valence-electron chi connectivity index (χ4n) is 2.68. The lowest BCUT2D eigenvalue weighted by Gasteiger charge is -2.10. The van der Waals surface area contributed by atoms with E-state index in [-0.39, 0.29) is 24.4 Å². The van der Waals surface area contributed by atoms with Gasteiger partial charge < -0.3 is 10.6 Å². The molecule has 0 saturated heterocycles. The first-order valence-electron chi connectivity index (χ1n) is 8.22. The zero-order valence-corrected chi connectivity index (χ0v) is 14.3. The monoisotopic (exact) mass is 351 g/mol. The minimum absolute atomic E-state index is 0.0136. The standard InChI is InChI=1S/C19H17N3O2S/c23-18(21-12-7-8-12)11-20-19(24)14-10-16(17-6-3-9-25-17)22-15-5-2-1-4-13(14)15/h1-6,9-10,12H,7-8,11H2,(H,20,24)(H,21,23). The van der Waals surface area contributed by atoms with Crippen LogP contribution in [0.15, 0.2) is 47.8 Å². The van der Waals surface area contributed by atoms with Crippen LogP contribution in [0.3, 0.4) is 0 Å². The van der Waals surface area contributed by atoms with E-state index >= 15 is 0 Å². The first-order chi connectivity index (χ1) is 12.2. The van der Waals surface area contributed by atoms with Crippen LogP contribution in [0.2, 0.25) is 0 Å². The normalized spacial score (nSPS) is 13.6. The number of benzene rings is 1. The predicted octanol–water partition coefficient (Wildman–Crippen LogP) is 2.97. The molecule has 3 aromatic rings. The van der Waals surface area contributed by atoms with Gasteiger partial charge in [0.2, 0.25) is 5.91 Å². The molecule has 6 heteroatoms. The van der Waals surface area contributed by atoms with E-state index in [4.69, 9.17) is 0 Å². The average Bonchev–Trinajstić information content (AvgIpc) is 3.27. The molecule has 0 aliphatic heterocycles. The van der Waals surface area contributed by atoms with Crippen molar-refractivity contribution in [2.75, 3.05) is 6.54 Å². The lowest BCUT2D eigenvalue weighted by molar-refractivity contribution is -0.120. The summed E-state index contributed by atoms with van der Waals surface area (Å²) >= 11 is 1.58. The maximum absolute atomic E-state index is 12.7. The second-order valence-electron chi connectivity index (χ2n) is 6.07. The Hall–Kier alpha value is -2.73. The Labute approximate surface area is 149 Å². The fraction of sp³-hybridized carbons (Fsp3) is 0.211. The Morgan fingerprint density at radius 2 is 2.00 bits per heavy atom. The number of carbonyl (C=O) groups excluding carboxylic acids is 2. The predicted molar refractivity (Wildman–Crippen MR) is 98.6 cm³/mol. The summed E-state index contributed by atoms with van der Waals surface area (Å²) in [7, 11) is 0. The Morgan fingerprint density at radius 1 is 1.16 bits per heavy atom. The smallest absolute Gasteiger partial charge is 0.252 e. The van der Waals surface area contributed by atoms with Crippen LogP contribution in [0.25, 0.3) is 21.5 Å². The summed E-state index contributed by atoms with van der Waals surface area (Å²) in [5.41, 5.74) is 2.07. The van der Waals surface area contributed by atoms with Crippen molar-refractivity contribution in [3.8, 4) is 10.6 Å². The van der Waals surface area contributed by atoms with Crippen molar-refractivity contribution in [1.82, 2.24) is 15.6 Å². The number of pyridine rings is 1. The molecule has 4 rings (SSSR count). The van der Waals surface area contributed by atoms with Gasteiger partial charge in [-0.1, -0.05) is 24.3 Å². The number of nitrogens with one attached hydrogen (secondary N) is 2. The highest BCUT2D eigenvalue weighted by Crippen LogP contribution is 2.27. The van der Waals surface area contributed by atoms with E-state index in [0.29, 0.717) is 5.56 Å². The molecular weight excluding hydrogens is 334 g/mol. The molecule has 1 aliphatic carbocycles. The van der Waals surface area contributed by atoms with Crippen LogP contribution in [-0.2, 0) is 4.79 Å². The van der Waals surface area contributed by atoms with Gasteiger partial charge in [0.25, 0.3) is 5.91 Å². The van der Waals surface area contributed by atoms with Gasteiger partial charge in [0.05, 0.1) is 28.2 Å². The van der Waals surface area contributed by atoms with Gasteiger partial charge in [0, 0.05) is 11.4 Å². The zero-order valence-electron chi connectivity index (χ0n) is 13.5. The third kappa shape index (κ3) is 3.53. The second kappa shape index (κ2) is 6.64. The number of aromatic nitrogens is 1. The van der Waals surface area contributed by atoms with Crippen molar-refractivity contribution in [2.45, 2.75) is 18.9 Å². The van der Waals surface area contributed by atoms with E-state index in [9.17, 15) is 9.59 Å². The number of thiophene rings is 1. The second-order valence-corrected chi connectivity index (χ2v) is 7.02. The van der Waals surface area contributed by atoms with Gasteiger partial charge in [0.1, 0.15) is 0 Å². The highest BCUT2D eigenvalue weighted by atomic mass is 32.1. The van der Waals surface area contributed by atoms with Crippen molar-refractivity contribution in [3.05, 3.63) is 53.4 Å². The molecule has 1 saturated carbocycles. The summed E-state index contributed by atoms with van der Waals surface area (Å²) in [5, 5.41) is 8.35. The summed E-state index contributed by atoms with van der Waals surface area (Å²) in [4.78, 5) is 30.1. The number of carbonyl (C=O) groups is 2. The molecule has 5 nitrogen and oxygen atoms in total. The van der Waals surface area contributed by atoms with Crippen molar-refractivity contribution < 1.29 is 9.59 Å². The third-order valence-electron chi connectivity index (χ3n) is 4.09. The minimum Gasteiger partial charge on any atom is -0.352 e. The van der Waals surface area contributed by atoms with E-state index in [1.54, 1.807) is 17.4 Å². The number of amides is 2. The highest BCUT2D eigenvalue weighted by Gasteiger charge is 2.23. The van der Waals surface area contributed by atoms with Gasteiger partial charge in [-0.05, 0) is 36.4 Å².